The van der Waals surface area contributed by atoms with E-state index in [0.717, 1.165) is 0 Å². The summed E-state index contributed by atoms with van der Waals surface area (Å²) < 4.78 is 0. The molecule has 0 radical (unpaired) electrons. The second-order valence-corrected chi connectivity index (χ2v) is 3.28. The van der Waals surface area contributed by atoms with Gasteiger partial charge in [0.05, 0.1) is 17.6 Å². The van der Waals surface area contributed by atoms with Crippen LogP contribution in [0.25, 0.3) is 0 Å². The van der Waals surface area contributed by atoms with E-state index in [1.165, 1.54) is 20.8 Å². The van der Waals surface area contributed by atoms with Crippen molar-refractivity contribution in [3.8, 4) is 12.1 Å². The first-order chi connectivity index (χ1) is 5.31. The molecule has 0 aromatic rings. The quantitative estimate of drug-likeness (QED) is 0.666. The lowest BCUT2D eigenvalue weighted by Crippen LogP contribution is -2.39. The predicted molar refractivity (Wildman–Crippen MR) is 40.7 cm³/mol. The van der Waals surface area contributed by atoms with Gasteiger partial charge in [-0.15, -0.1) is 0 Å². The Balaban J connectivity index is 5.19. The Morgan fingerprint density at radius 3 is 1.67 bits per heavy atom. The summed E-state index contributed by atoms with van der Waals surface area (Å²) in [6, 6.07) is 3.42. The molecule has 0 bridgehead atoms. The number of aliphatic carboxylic acids is 1. The molecule has 0 heterocycles. The molecule has 0 aliphatic carbocycles. The molecule has 4 heteroatoms. The van der Waals surface area contributed by atoms with Crippen molar-refractivity contribution in [1.29, 1.82) is 10.5 Å². The Morgan fingerprint density at radius 2 is 1.58 bits per heavy atom. The Kier molecular flexibility index (Phi) is 2.46. The molecule has 0 saturated heterocycles. The Bertz CT molecular complexity index is 266. The van der Waals surface area contributed by atoms with Gasteiger partial charge in [-0.1, -0.05) is 0 Å². The minimum atomic E-state index is -1.49. The summed E-state index contributed by atoms with van der Waals surface area (Å²) in [7, 11) is 0. The van der Waals surface area contributed by atoms with Crippen molar-refractivity contribution in [1.82, 2.24) is 0 Å². The molecule has 0 aromatic heterocycles. The molecular weight excluding hydrogens is 156 g/mol. The fraction of sp³-hybridized carbons (Fsp3) is 0.625. The molecular formula is C8H10N2O2. The first kappa shape index (κ1) is 10.4. The second kappa shape index (κ2) is 2.83. The third-order valence-corrected chi connectivity index (χ3v) is 2.23. The first-order valence-corrected chi connectivity index (χ1v) is 3.37. The van der Waals surface area contributed by atoms with Gasteiger partial charge >= 0.3 is 5.97 Å². The average Bonchev–Trinajstić information content (AvgIpc) is 2.02. The predicted octanol–water partition coefficient (Wildman–Crippen LogP) is 1.15. The zero-order chi connectivity index (χ0) is 9.99. The molecule has 0 spiro atoms. The van der Waals surface area contributed by atoms with E-state index in [0.29, 0.717) is 0 Å². The largest absolute Gasteiger partial charge is 0.481 e. The van der Waals surface area contributed by atoms with Crippen LogP contribution in [0.4, 0.5) is 0 Å². The summed E-state index contributed by atoms with van der Waals surface area (Å²) in [5.74, 6) is -1.15. The van der Waals surface area contributed by atoms with Crippen molar-refractivity contribution in [2.45, 2.75) is 20.8 Å². The zero-order valence-electron chi connectivity index (χ0n) is 7.25. The summed E-state index contributed by atoms with van der Waals surface area (Å²) in [6.07, 6.45) is 0. The smallest absolute Gasteiger partial charge is 0.311 e. The Morgan fingerprint density at radius 1 is 1.25 bits per heavy atom. The molecule has 12 heavy (non-hydrogen) atoms. The van der Waals surface area contributed by atoms with Gasteiger partial charge in [-0.3, -0.25) is 4.79 Å². The lowest BCUT2D eigenvalue weighted by Gasteiger charge is -2.28. The SMILES string of the molecule is CC(C#N)(C#N)C(C)(C)C(=O)O. The van der Waals surface area contributed by atoms with Crippen LogP contribution in [0.2, 0.25) is 0 Å². The summed E-state index contributed by atoms with van der Waals surface area (Å²) in [5, 5.41) is 26.0. The van der Waals surface area contributed by atoms with E-state index in [2.05, 4.69) is 0 Å². The highest BCUT2D eigenvalue weighted by atomic mass is 16.4. The van der Waals surface area contributed by atoms with Crippen LogP contribution >= 0.6 is 0 Å². The summed E-state index contributed by atoms with van der Waals surface area (Å²) in [4.78, 5) is 10.7. The van der Waals surface area contributed by atoms with E-state index in [1.54, 1.807) is 12.1 Å². The summed E-state index contributed by atoms with van der Waals surface area (Å²) in [6.45, 7) is 4.05. The van der Waals surface area contributed by atoms with Gasteiger partial charge in [-0.25, -0.2) is 0 Å². The molecule has 0 aromatic carbocycles. The number of nitrogens with zero attached hydrogens (tertiary/aromatic N) is 2. The monoisotopic (exact) mass is 166 g/mol. The van der Waals surface area contributed by atoms with Crippen LogP contribution in [0.1, 0.15) is 20.8 Å². The summed E-state index contributed by atoms with van der Waals surface area (Å²) in [5.41, 5.74) is -2.84. The maximum absolute atomic E-state index is 10.7. The van der Waals surface area contributed by atoms with Gasteiger partial charge < -0.3 is 5.11 Å². The van der Waals surface area contributed by atoms with Gasteiger partial charge in [0.2, 0.25) is 0 Å². The molecule has 0 amide bonds. The highest BCUT2D eigenvalue weighted by Gasteiger charge is 2.48. The number of hydrogen-bond donors (Lipinski definition) is 1. The molecule has 64 valence electrons. The highest BCUT2D eigenvalue weighted by Crippen LogP contribution is 2.37. The molecule has 0 fully saturated rings. The third-order valence-electron chi connectivity index (χ3n) is 2.23. The fourth-order valence-electron chi connectivity index (χ4n) is 0.518. The van der Waals surface area contributed by atoms with Gasteiger partial charge in [0, 0.05) is 0 Å². The molecule has 0 aliphatic heterocycles. The van der Waals surface area contributed by atoms with Crippen LogP contribution in [-0.2, 0) is 4.79 Å². The molecule has 0 saturated carbocycles. The molecule has 1 N–H and O–H groups in total. The number of carboxylic acids is 1. The van der Waals surface area contributed by atoms with Gasteiger partial charge in [0.1, 0.15) is 0 Å². The maximum atomic E-state index is 10.7. The Labute approximate surface area is 71.0 Å². The van der Waals surface area contributed by atoms with E-state index in [-0.39, 0.29) is 0 Å². The number of carboxylic acid groups (broad SMARTS) is 1. The van der Waals surface area contributed by atoms with Gasteiger partial charge in [0.15, 0.2) is 5.41 Å². The van der Waals surface area contributed by atoms with Gasteiger partial charge in [-0.2, -0.15) is 10.5 Å². The molecule has 0 unspecified atom stereocenters. The van der Waals surface area contributed by atoms with Gasteiger partial charge in [-0.05, 0) is 20.8 Å². The number of nitriles is 2. The molecule has 0 rings (SSSR count). The van der Waals surface area contributed by atoms with Gasteiger partial charge in [0.25, 0.3) is 0 Å². The average molecular weight is 166 g/mol. The van der Waals surface area contributed by atoms with Crippen LogP contribution in [0.3, 0.4) is 0 Å². The number of hydrogen-bond acceptors (Lipinski definition) is 3. The van der Waals surface area contributed by atoms with Crippen molar-refractivity contribution in [2.24, 2.45) is 10.8 Å². The van der Waals surface area contributed by atoms with Crippen LogP contribution in [0.15, 0.2) is 0 Å². The third kappa shape index (κ3) is 1.24. The first-order valence-electron chi connectivity index (χ1n) is 3.37. The summed E-state index contributed by atoms with van der Waals surface area (Å²) >= 11 is 0. The van der Waals surface area contributed by atoms with E-state index >= 15 is 0 Å². The van der Waals surface area contributed by atoms with E-state index in [4.69, 9.17) is 15.6 Å². The van der Waals surface area contributed by atoms with Crippen molar-refractivity contribution in [2.75, 3.05) is 0 Å². The minimum Gasteiger partial charge on any atom is -0.481 e. The fourth-order valence-corrected chi connectivity index (χ4v) is 0.518. The highest BCUT2D eigenvalue weighted by molar-refractivity contribution is 5.76. The normalized spacial score (nSPS) is 11.4. The van der Waals surface area contributed by atoms with Crippen LogP contribution in [0.5, 0.6) is 0 Å². The number of carbonyl (C=O) groups is 1. The van der Waals surface area contributed by atoms with Crippen molar-refractivity contribution in [3.05, 3.63) is 0 Å². The van der Waals surface area contributed by atoms with Crippen LogP contribution in [0, 0.1) is 33.5 Å². The topological polar surface area (TPSA) is 84.9 Å². The van der Waals surface area contributed by atoms with Crippen LogP contribution in [-0.4, -0.2) is 11.1 Å². The van der Waals surface area contributed by atoms with E-state index in [9.17, 15) is 4.79 Å². The van der Waals surface area contributed by atoms with Crippen LogP contribution < -0.4 is 0 Å². The number of rotatable bonds is 2. The minimum absolute atomic E-state index is 1.15. The van der Waals surface area contributed by atoms with E-state index < -0.39 is 16.8 Å². The lowest BCUT2D eigenvalue weighted by atomic mass is 9.68. The molecule has 4 nitrogen and oxygen atoms in total. The Hall–Kier alpha value is -1.55. The molecule has 0 atom stereocenters. The lowest BCUT2D eigenvalue weighted by molar-refractivity contribution is -0.150. The maximum Gasteiger partial charge on any atom is 0.311 e. The standard InChI is InChI=1S/C8H10N2O2/c1-7(2,6(11)12)8(3,4-9)5-10/h1-3H3,(H,11,12). The second-order valence-electron chi connectivity index (χ2n) is 3.28. The van der Waals surface area contributed by atoms with Crippen molar-refractivity contribution < 1.29 is 9.90 Å². The zero-order valence-corrected chi connectivity index (χ0v) is 7.25. The van der Waals surface area contributed by atoms with Crippen molar-refractivity contribution in [3.63, 3.8) is 0 Å². The van der Waals surface area contributed by atoms with Crippen molar-refractivity contribution >= 4 is 5.97 Å². The molecule has 0 aliphatic rings. The van der Waals surface area contributed by atoms with E-state index in [1.807, 2.05) is 0 Å².